The minimum Gasteiger partial charge on any atom is -0.489 e. The van der Waals surface area contributed by atoms with Gasteiger partial charge < -0.3 is 20.3 Å². The topological polar surface area (TPSA) is 85.5 Å². The van der Waals surface area contributed by atoms with E-state index in [0.29, 0.717) is 0 Å². The van der Waals surface area contributed by atoms with Gasteiger partial charge in [0.25, 0.3) is 0 Å². The smallest absolute Gasteiger partial charge is 0.146 e. The first-order chi connectivity index (χ1) is 11.4. The van der Waals surface area contributed by atoms with Crippen molar-refractivity contribution in [1.29, 1.82) is 5.26 Å². The highest BCUT2D eigenvalue weighted by Crippen LogP contribution is 2.31. The molecule has 2 rings (SSSR count). The summed E-state index contributed by atoms with van der Waals surface area (Å²) < 4.78 is 32.9. The van der Waals surface area contributed by atoms with Gasteiger partial charge in [0.2, 0.25) is 0 Å². The lowest BCUT2D eigenvalue weighted by Crippen LogP contribution is -2.21. The zero-order valence-corrected chi connectivity index (χ0v) is 12.9. The number of aliphatic hydroxyl groups excluding tert-OH is 2. The zero-order valence-electron chi connectivity index (χ0n) is 12.9. The van der Waals surface area contributed by atoms with Crippen molar-refractivity contribution in [2.45, 2.75) is 13.0 Å². The van der Waals surface area contributed by atoms with Crippen LogP contribution in [0, 0.1) is 29.9 Å². The van der Waals surface area contributed by atoms with E-state index in [0.717, 1.165) is 17.7 Å². The SMILES string of the molecule is Cc1ccc(Nc2cc(F)cc(OCC(O)CO)c2C#N)c(F)c1. The number of aliphatic hydroxyl groups is 2. The van der Waals surface area contributed by atoms with E-state index in [2.05, 4.69) is 5.32 Å². The summed E-state index contributed by atoms with van der Waals surface area (Å²) in [7, 11) is 0. The van der Waals surface area contributed by atoms with Gasteiger partial charge in [0, 0.05) is 6.07 Å². The average Bonchev–Trinajstić information content (AvgIpc) is 2.54. The first kappa shape index (κ1) is 17.7. The Kier molecular flexibility index (Phi) is 5.68. The van der Waals surface area contributed by atoms with E-state index in [-0.39, 0.29) is 29.3 Å². The fourth-order valence-electron chi connectivity index (χ4n) is 2.01. The normalized spacial score (nSPS) is 11.7. The number of ether oxygens (including phenoxy) is 1. The highest BCUT2D eigenvalue weighted by atomic mass is 19.1. The first-order valence-electron chi connectivity index (χ1n) is 7.13. The van der Waals surface area contributed by atoms with E-state index in [4.69, 9.17) is 9.84 Å². The van der Waals surface area contributed by atoms with E-state index in [9.17, 15) is 19.1 Å². The van der Waals surface area contributed by atoms with Gasteiger partial charge in [0.15, 0.2) is 0 Å². The summed E-state index contributed by atoms with van der Waals surface area (Å²) >= 11 is 0. The van der Waals surface area contributed by atoms with Crippen LogP contribution >= 0.6 is 0 Å². The molecule has 0 fully saturated rings. The lowest BCUT2D eigenvalue weighted by molar-refractivity contribution is 0.0534. The van der Waals surface area contributed by atoms with Crippen molar-refractivity contribution >= 4 is 11.4 Å². The van der Waals surface area contributed by atoms with E-state index in [1.165, 1.54) is 12.1 Å². The van der Waals surface area contributed by atoms with Crippen molar-refractivity contribution in [3.8, 4) is 11.8 Å². The number of nitrogens with one attached hydrogen (secondary N) is 1. The zero-order chi connectivity index (χ0) is 17.7. The molecule has 0 bridgehead atoms. The fraction of sp³-hybridized carbons (Fsp3) is 0.235. The van der Waals surface area contributed by atoms with E-state index >= 15 is 0 Å². The van der Waals surface area contributed by atoms with Crippen LogP contribution in [-0.4, -0.2) is 29.5 Å². The molecule has 7 heteroatoms. The summed E-state index contributed by atoms with van der Waals surface area (Å²) in [6.45, 7) is 0.887. The second kappa shape index (κ2) is 7.73. The molecule has 0 saturated carbocycles. The Balaban J connectivity index is 2.35. The Hall–Kier alpha value is -2.69. The number of nitriles is 1. The van der Waals surface area contributed by atoms with E-state index in [1.54, 1.807) is 13.0 Å². The summed E-state index contributed by atoms with van der Waals surface area (Å²) in [5.41, 5.74) is 0.805. The Morgan fingerprint density at radius 2 is 2.00 bits per heavy atom. The maximum atomic E-state index is 13.9. The van der Waals surface area contributed by atoms with Gasteiger partial charge in [-0.3, -0.25) is 0 Å². The molecule has 2 aromatic carbocycles. The van der Waals surface area contributed by atoms with Crippen LogP contribution in [0.15, 0.2) is 30.3 Å². The summed E-state index contributed by atoms with van der Waals surface area (Å²) in [5, 5.41) is 30.1. The fourth-order valence-corrected chi connectivity index (χ4v) is 2.01. The average molecular weight is 334 g/mol. The number of halogens is 2. The Labute approximate surface area is 137 Å². The van der Waals surface area contributed by atoms with Crippen LogP contribution in [0.4, 0.5) is 20.2 Å². The number of hydrogen-bond donors (Lipinski definition) is 3. The van der Waals surface area contributed by atoms with Crippen LogP contribution in [-0.2, 0) is 0 Å². The molecule has 5 nitrogen and oxygen atoms in total. The molecule has 126 valence electrons. The van der Waals surface area contributed by atoms with Crippen molar-refractivity contribution in [3.05, 3.63) is 53.1 Å². The van der Waals surface area contributed by atoms with Crippen molar-refractivity contribution in [1.82, 2.24) is 0 Å². The molecular weight excluding hydrogens is 318 g/mol. The predicted molar refractivity (Wildman–Crippen MR) is 84.1 cm³/mol. The van der Waals surface area contributed by atoms with Crippen LogP contribution in [0.25, 0.3) is 0 Å². The standard InChI is InChI=1S/C17H16F2N2O3/c1-10-2-3-15(14(19)4-10)21-16-5-11(18)6-17(13(16)7-20)24-9-12(23)8-22/h2-6,12,21-23H,8-9H2,1H3. The van der Waals surface area contributed by atoms with Crippen molar-refractivity contribution < 1.29 is 23.7 Å². The minimum atomic E-state index is -1.16. The van der Waals surface area contributed by atoms with Crippen molar-refractivity contribution in [2.24, 2.45) is 0 Å². The summed E-state index contributed by atoms with van der Waals surface area (Å²) in [4.78, 5) is 0. The van der Waals surface area contributed by atoms with Crippen LogP contribution in [0.5, 0.6) is 5.75 Å². The largest absolute Gasteiger partial charge is 0.489 e. The van der Waals surface area contributed by atoms with E-state index < -0.39 is 24.3 Å². The number of rotatable bonds is 6. The third-order valence-corrected chi connectivity index (χ3v) is 3.21. The minimum absolute atomic E-state index is 0.0359. The van der Waals surface area contributed by atoms with Crippen LogP contribution in [0.1, 0.15) is 11.1 Å². The first-order valence-corrected chi connectivity index (χ1v) is 7.13. The third kappa shape index (κ3) is 4.19. The van der Waals surface area contributed by atoms with Gasteiger partial charge in [0.05, 0.1) is 18.0 Å². The lowest BCUT2D eigenvalue weighted by atomic mass is 10.1. The molecule has 2 aromatic rings. The maximum absolute atomic E-state index is 13.9. The molecule has 0 amide bonds. The lowest BCUT2D eigenvalue weighted by Gasteiger charge is -2.15. The molecule has 0 aliphatic carbocycles. The van der Waals surface area contributed by atoms with Crippen LogP contribution in [0.2, 0.25) is 0 Å². The number of nitrogens with zero attached hydrogens (tertiary/aromatic N) is 1. The molecule has 0 heterocycles. The third-order valence-electron chi connectivity index (χ3n) is 3.21. The van der Waals surface area contributed by atoms with Gasteiger partial charge >= 0.3 is 0 Å². The Morgan fingerprint density at radius 1 is 1.25 bits per heavy atom. The van der Waals surface area contributed by atoms with Crippen molar-refractivity contribution in [3.63, 3.8) is 0 Å². The number of hydrogen-bond acceptors (Lipinski definition) is 5. The van der Waals surface area contributed by atoms with Crippen LogP contribution < -0.4 is 10.1 Å². The molecular formula is C17H16F2N2O3. The quantitative estimate of drug-likeness (QED) is 0.756. The highest BCUT2D eigenvalue weighted by Gasteiger charge is 2.15. The number of anilines is 2. The monoisotopic (exact) mass is 334 g/mol. The Morgan fingerprint density at radius 3 is 2.62 bits per heavy atom. The van der Waals surface area contributed by atoms with Crippen LogP contribution in [0.3, 0.4) is 0 Å². The number of benzene rings is 2. The van der Waals surface area contributed by atoms with Gasteiger partial charge in [-0.05, 0) is 30.7 Å². The molecule has 1 atom stereocenters. The molecule has 0 radical (unpaired) electrons. The molecule has 0 spiro atoms. The number of aryl methyl sites for hydroxylation is 1. The highest BCUT2D eigenvalue weighted by molar-refractivity contribution is 5.70. The summed E-state index contributed by atoms with van der Waals surface area (Å²) in [6, 6.07) is 8.36. The van der Waals surface area contributed by atoms with Gasteiger partial charge in [-0.15, -0.1) is 0 Å². The Bertz CT molecular complexity index is 775. The molecule has 24 heavy (non-hydrogen) atoms. The maximum Gasteiger partial charge on any atom is 0.146 e. The van der Waals surface area contributed by atoms with E-state index in [1.807, 2.05) is 6.07 Å². The second-order valence-corrected chi connectivity index (χ2v) is 5.19. The molecule has 3 N–H and O–H groups in total. The molecule has 0 aliphatic heterocycles. The summed E-state index contributed by atoms with van der Waals surface area (Å²) in [5.74, 6) is -1.35. The predicted octanol–water partition coefficient (Wildman–Crippen LogP) is 2.62. The summed E-state index contributed by atoms with van der Waals surface area (Å²) in [6.07, 6.45) is -1.16. The molecule has 0 aliphatic rings. The molecule has 0 aromatic heterocycles. The molecule has 0 saturated heterocycles. The van der Waals surface area contributed by atoms with Gasteiger partial charge in [-0.1, -0.05) is 6.07 Å². The van der Waals surface area contributed by atoms with Gasteiger partial charge in [-0.25, -0.2) is 8.78 Å². The van der Waals surface area contributed by atoms with Gasteiger partial charge in [-0.2, -0.15) is 5.26 Å². The van der Waals surface area contributed by atoms with Gasteiger partial charge in [0.1, 0.15) is 41.7 Å². The van der Waals surface area contributed by atoms with Crippen molar-refractivity contribution in [2.75, 3.05) is 18.5 Å². The second-order valence-electron chi connectivity index (χ2n) is 5.19. The molecule has 1 unspecified atom stereocenters.